The zero-order valence-electron chi connectivity index (χ0n) is 14.1. The first-order valence-electron chi connectivity index (χ1n) is 8.10. The molecule has 0 saturated carbocycles. The molecule has 0 bridgehead atoms. The summed E-state index contributed by atoms with van der Waals surface area (Å²) in [6.45, 7) is 0.377. The number of halogens is 3. The van der Waals surface area contributed by atoms with Crippen LogP contribution in [0, 0.1) is 11.3 Å². The second-order valence-corrected chi connectivity index (χ2v) is 7.08. The number of hydrogen-bond acceptors (Lipinski definition) is 2. The topological polar surface area (TPSA) is 33.0 Å². The van der Waals surface area contributed by atoms with Crippen molar-refractivity contribution in [2.24, 2.45) is 0 Å². The molecule has 3 rings (SSSR count). The number of nitriles is 1. The summed E-state index contributed by atoms with van der Waals surface area (Å²) in [4.78, 5) is 0. The van der Waals surface area contributed by atoms with Gasteiger partial charge in [0.25, 0.3) is 0 Å². The third-order valence-corrected chi connectivity index (χ3v) is 4.59. The molecule has 0 unspecified atom stereocenters. The summed E-state index contributed by atoms with van der Waals surface area (Å²) in [7, 11) is 0. The Balaban J connectivity index is 1.89. The van der Waals surface area contributed by atoms with Gasteiger partial charge in [0.15, 0.2) is 0 Å². The first kappa shape index (κ1) is 19.3. The first-order chi connectivity index (χ1) is 13.0. The van der Waals surface area contributed by atoms with E-state index in [0.717, 1.165) is 16.7 Å². The lowest BCUT2D eigenvalue weighted by molar-refractivity contribution is 0.305. The molecule has 0 N–H and O–H groups in total. The Kier molecular flexibility index (Phi) is 6.42. The Bertz CT molecular complexity index is 1000. The molecule has 0 saturated heterocycles. The van der Waals surface area contributed by atoms with E-state index >= 15 is 0 Å². The maximum atomic E-state index is 9.57. The molecule has 3 aromatic rings. The fourth-order valence-corrected chi connectivity index (χ4v) is 2.90. The largest absolute Gasteiger partial charge is 0.488 e. The van der Waals surface area contributed by atoms with Crippen LogP contribution in [0.2, 0.25) is 15.1 Å². The molecule has 0 radical (unpaired) electrons. The number of nitrogens with zero attached hydrogens (tertiary/aromatic N) is 1. The number of hydrogen-bond donors (Lipinski definition) is 0. The fraction of sp³-hybridized carbons (Fsp3) is 0.0455. The first-order valence-corrected chi connectivity index (χ1v) is 9.23. The van der Waals surface area contributed by atoms with Crippen molar-refractivity contribution < 1.29 is 4.74 Å². The van der Waals surface area contributed by atoms with Crippen molar-refractivity contribution in [3.05, 3.63) is 98.5 Å². The van der Waals surface area contributed by atoms with Crippen molar-refractivity contribution in [1.29, 1.82) is 5.26 Å². The van der Waals surface area contributed by atoms with Crippen LogP contribution in [0.15, 0.2) is 66.7 Å². The lowest BCUT2D eigenvalue weighted by Gasteiger charge is -2.11. The number of rotatable bonds is 5. The van der Waals surface area contributed by atoms with Gasteiger partial charge in [-0.15, -0.1) is 0 Å². The molecule has 27 heavy (non-hydrogen) atoms. The number of ether oxygens (including phenoxy) is 1. The molecular weight excluding hydrogens is 401 g/mol. The van der Waals surface area contributed by atoms with E-state index in [4.69, 9.17) is 39.5 Å². The van der Waals surface area contributed by atoms with Crippen LogP contribution in [0.1, 0.15) is 16.7 Å². The third kappa shape index (κ3) is 5.28. The van der Waals surface area contributed by atoms with Gasteiger partial charge in [0, 0.05) is 20.6 Å². The Hall–Kier alpha value is -2.44. The minimum absolute atomic E-state index is 0.377. The normalized spacial score (nSPS) is 11.1. The molecule has 134 valence electrons. The molecule has 3 aromatic carbocycles. The summed E-state index contributed by atoms with van der Waals surface area (Å²) in [6.07, 6.45) is 1.76. The zero-order valence-corrected chi connectivity index (χ0v) is 16.4. The molecule has 0 fully saturated rings. The zero-order chi connectivity index (χ0) is 19.2. The standard InChI is InChI=1S/C22H14Cl3NO/c23-19-5-1-15(2-6-19)14-27-22-10-9-21(25)12-17(22)11-18(13-26)16-3-7-20(24)8-4-16/h1-12H,14H2/b18-11+. The van der Waals surface area contributed by atoms with Crippen LogP contribution >= 0.6 is 34.8 Å². The van der Waals surface area contributed by atoms with Crippen LogP contribution in [0.5, 0.6) is 5.75 Å². The molecule has 0 atom stereocenters. The van der Waals surface area contributed by atoms with E-state index in [2.05, 4.69) is 6.07 Å². The van der Waals surface area contributed by atoms with Gasteiger partial charge in [-0.1, -0.05) is 59.1 Å². The van der Waals surface area contributed by atoms with Crippen molar-refractivity contribution in [3.8, 4) is 11.8 Å². The lowest BCUT2D eigenvalue weighted by Crippen LogP contribution is -1.97. The predicted molar refractivity (Wildman–Crippen MR) is 112 cm³/mol. The second kappa shape index (κ2) is 8.97. The summed E-state index contributed by atoms with van der Waals surface area (Å²) >= 11 is 18.0. The van der Waals surface area contributed by atoms with Gasteiger partial charge in [-0.25, -0.2) is 0 Å². The van der Waals surface area contributed by atoms with Gasteiger partial charge in [-0.2, -0.15) is 5.26 Å². The van der Waals surface area contributed by atoms with Crippen LogP contribution in [-0.4, -0.2) is 0 Å². The highest BCUT2D eigenvalue weighted by Crippen LogP contribution is 2.29. The number of benzene rings is 3. The van der Waals surface area contributed by atoms with Crippen LogP contribution in [0.3, 0.4) is 0 Å². The number of allylic oxidation sites excluding steroid dienone is 1. The molecule has 0 heterocycles. The molecular formula is C22H14Cl3NO. The lowest BCUT2D eigenvalue weighted by atomic mass is 10.0. The molecule has 0 aliphatic rings. The molecule has 2 nitrogen and oxygen atoms in total. The summed E-state index contributed by atoms with van der Waals surface area (Å²) in [6, 6.07) is 22.1. The van der Waals surface area contributed by atoms with Gasteiger partial charge in [-0.3, -0.25) is 0 Å². The van der Waals surface area contributed by atoms with Gasteiger partial charge in [-0.05, 0) is 59.7 Å². The van der Waals surface area contributed by atoms with E-state index in [-0.39, 0.29) is 0 Å². The summed E-state index contributed by atoms with van der Waals surface area (Å²) in [5.41, 5.74) is 2.97. The molecule has 0 aliphatic carbocycles. The molecule has 0 spiro atoms. The van der Waals surface area contributed by atoms with Gasteiger partial charge >= 0.3 is 0 Å². The average molecular weight is 415 g/mol. The summed E-state index contributed by atoms with van der Waals surface area (Å²) in [5.74, 6) is 0.635. The molecule has 0 amide bonds. The van der Waals surface area contributed by atoms with E-state index in [1.165, 1.54) is 0 Å². The van der Waals surface area contributed by atoms with Crippen molar-refractivity contribution in [3.63, 3.8) is 0 Å². The molecule has 5 heteroatoms. The smallest absolute Gasteiger partial charge is 0.127 e. The van der Waals surface area contributed by atoms with E-state index in [0.29, 0.717) is 33.0 Å². The molecule has 0 aliphatic heterocycles. The Labute approximate surface area is 173 Å². The Morgan fingerprint density at radius 2 is 1.44 bits per heavy atom. The second-order valence-electron chi connectivity index (χ2n) is 5.77. The summed E-state index contributed by atoms with van der Waals surface area (Å²) in [5, 5.41) is 11.4. The van der Waals surface area contributed by atoms with E-state index in [1.807, 2.05) is 24.3 Å². The van der Waals surface area contributed by atoms with Crippen molar-refractivity contribution in [2.45, 2.75) is 6.61 Å². The van der Waals surface area contributed by atoms with Crippen LogP contribution in [-0.2, 0) is 6.61 Å². The van der Waals surface area contributed by atoms with Gasteiger partial charge in [0.2, 0.25) is 0 Å². The highest BCUT2D eigenvalue weighted by atomic mass is 35.5. The van der Waals surface area contributed by atoms with E-state index in [1.54, 1.807) is 48.5 Å². The van der Waals surface area contributed by atoms with Crippen molar-refractivity contribution >= 4 is 46.5 Å². The Morgan fingerprint density at radius 3 is 2.07 bits per heavy atom. The fourth-order valence-electron chi connectivity index (χ4n) is 2.47. The van der Waals surface area contributed by atoms with Gasteiger partial charge < -0.3 is 4.74 Å². The average Bonchev–Trinajstić information content (AvgIpc) is 2.67. The monoisotopic (exact) mass is 413 g/mol. The SMILES string of the molecule is N#C/C(=C\c1cc(Cl)ccc1OCc1ccc(Cl)cc1)c1ccc(Cl)cc1. The Morgan fingerprint density at radius 1 is 0.852 bits per heavy atom. The van der Waals surface area contributed by atoms with Crippen molar-refractivity contribution in [2.75, 3.05) is 0 Å². The third-order valence-electron chi connectivity index (χ3n) is 3.85. The van der Waals surface area contributed by atoms with Crippen LogP contribution in [0.4, 0.5) is 0 Å². The van der Waals surface area contributed by atoms with Crippen molar-refractivity contribution in [1.82, 2.24) is 0 Å². The maximum Gasteiger partial charge on any atom is 0.127 e. The highest BCUT2D eigenvalue weighted by molar-refractivity contribution is 6.31. The minimum atomic E-state index is 0.377. The maximum absolute atomic E-state index is 9.57. The van der Waals surface area contributed by atoms with E-state index < -0.39 is 0 Å². The highest BCUT2D eigenvalue weighted by Gasteiger charge is 2.07. The van der Waals surface area contributed by atoms with Crippen LogP contribution in [0.25, 0.3) is 11.6 Å². The minimum Gasteiger partial charge on any atom is -0.488 e. The van der Waals surface area contributed by atoms with Gasteiger partial charge in [0.05, 0.1) is 11.6 Å². The van der Waals surface area contributed by atoms with Crippen LogP contribution < -0.4 is 4.74 Å². The predicted octanol–water partition coefficient (Wildman–Crippen LogP) is 7.29. The summed E-state index contributed by atoms with van der Waals surface area (Å²) < 4.78 is 5.94. The van der Waals surface area contributed by atoms with E-state index in [9.17, 15) is 5.26 Å². The molecule has 0 aromatic heterocycles. The van der Waals surface area contributed by atoms with Gasteiger partial charge in [0.1, 0.15) is 12.4 Å². The quantitative estimate of drug-likeness (QED) is 0.324.